The molecule has 7 nitrogen and oxygen atoms in total. The van der Waals surface area contributed by atoms with Gasteiger partial charge in [-0.25, -0.2) is 4.98 Å². The van der Waals surface area contributed by atoms with E-state index < -0.39 is 16.4 Å². The van der Waals surface area contributed by atoms with Gasteiger partial charge < -0.3 is 5.11 Å². The molecule has 7 heteroatoms. The van der Waals surface area contributed by atoms with E-state index in [9.17, 15) is 20.0 Å². The van der Waals surface area contributed by atoms with Crippen LogP contribution >= 0.6 is 0 Å². The molecule has 2 heterocycles. The molecule has 0 unspecified atom stereocenters. The molecular weight excluding hydrogens is 322 g/mol. The van der Waals surface area contributed by atoms with Gasteiger partial charge in [0.1, 0.15) is 5.65 Å². The lowest BCUT2D eigenvalue weighted by Crippen LogP contribution is -2.13. The maximum atomic E-state index is 13.0. The van der Waals surface area contributed by atoms with Gasteiger partial charge in [0, 0.05) is 16.8 Å². The van der Waals surface area contributed by atoms with Crippen molar-refractivity contribution >= 4 is 43.9 Å². The fourth-order valence-corrected chi connectivity index (χ4v) is 3.53. The maximum absolute atomic E-state index is 13.0. The van der Waals surface area contributed by atoms with Crippen LogP contribution in [0.2, 0.25) is 0 Å². The Morgan fingerprint density at radius 3 is 2.60 bits per heavy atom. The first-order valence-corrected chi connectivity index (χ1v) is 7.53. The molecule has 0 atom stereocenters. The first kappa shape index (κ1) is 13.7. The Morgan fingerprint density at radius 1 is 1.04 bits per heavy atom. The number of rotatable bonds is 1. The van der Waals surface area contributed by atoms with Gasteiger partial charge in [0.15, 0.2) is 5.75 Å². The molecule has 0 fully saturated rings. The molecule has 0 radical (unpaired) electrons. The highest BCUT2D eigenvalue weighted by atomic mass is 16.6. The van der Waals surface area contributed by atoms with Crippen LogP contribution in [0.5, 0.6) is 5.75 Å². The molecule has 0 aliphatic carbocycles. The normalized spacial score (nSPS) is 11.8. The van der Waals surface area contributed by atoms with Crippen LogP contribution in [0.1, 0.15) is 0 Å². The third-order valence-corrected chi connectivity index (χ3v) is 4.53. The highest BCUT2D eigenvalue weighted by Gasteiger charge is 2.24. The summed E-state index contributed by atoms with van der Waals surface area (Å²) in [6, 6.07) is 13.4. The lowest BCUT2D eigenvalue weighted by atomic mass is 10.0. The molecule has 2 aromatic heterocycles. The molecule has 120 valence electrons. The number of phenols is 1. The number of aromatic hydroxyl groups is 1. The molecule has 0 spiro atoms. The van der Waals surface area contributed by atoms with Crippen molar-refractivity contribution in [1.29, 1.82) is 0 Å². The Bertz CT molecular complexity index is 1400. The summed E-state index contributed by atoms with van der Waals surface area (Å²) in [7, 11) is 0. The van der Waals surface area contributed by atoms with Crippen molar-refractivity contribution in [2.45, 2.75) is 0 Å². The minimum absolute atomic E-state index is 0.226. The first-order valence-electron chi connectivity index (χ1n) is 7.53. The van der Waals surface area contributed by atoms with Crippen molar-refractivity contribution in [3.8, 4) is 5.75 Å². The maximum Gasteiger partial charge on any atom is 0.318 e. The number of hydrogen-bond acceptors (Lipinski definition) is 5. The average Bonchev–Trinajstić information content (AvgIpc) is 2.98. The van der Waals surface area contributed by atoms with Crippen molar-refractivity contribution in [3.63, 3.8) is 0 Å². The van der Waals surface area contributed by atoms with Crippen molar-refractivity contribution < 1.29 is 10.0 Å². The summed E-state index contributed by atoms with van der Waals surface area (Å²) in [6.07, 6.45) is 0. The Balaban J connectivity index is 2.19. The second kappa shape index (κ2) is 4.41. The van der Waals surface area contributed by atoms with Crippen LogP contribution in [0, 0.1) is 10.1 Å². The van der Waals surface area contributed by atoms with E-state index in [2.05, 4.69) is 4.98 Å². The fraction of sp³-hybridized carbons (Fsp3) is 0. The standard InChI is InChI=1S/C18H9N3O4/c22-14-8-11-15-9(16(14)21(24)25)4-3-5-10(15)17-19-12-6-1-2-7-13(12)20(17)18(11)23/h1-8,22H. The molecule has 0 aliphatic heterocycles. The van der Waals surface area contributed by atoms with Gasteiger partial charge in [-0.2, -0.15) is 0 Å². The summed E-state index contributed by atoms with van der Waals surface area (Å²) in [5, 5.41) is 23.0. The highest BCUT2D eigenvalue weighted by Crippen LogP contribution is 2.40. The Kier molecular flexibility index (Phi) is 2.42. The number of hydrogen-bond donors (Lipinski definition) is 1. The van der Waals surface area contributed by atoms with Crippen molar-refractivity contribution in [2.24, 2.45) is 0 Å². The number of nitrogens with zero attached hydrogens (tertiary/aromatic N) is 3. The van der Waals surface area contributed by atoms with Crippen molar-refractivity contribution in [1.82, 2.24) is 9.38 Å². The molecule has 1 N–H and O–H groups in total. The molecule has 0 amide bonds. The number of phenolic OH excluding ortho intramolecular Hbond substituents is 1. The fourth-order valence-electron chi connectivity index (χ4n) is 3.53. The van der Waals surface area contributed by atoms with E-state index >= 15 is 0 Å². The van der Waals surface area contributed by atoms with E-state index in [1.807, 2.05) is 12.1 Å². The molecule has 0 bridgehead atoms. The van der Waals surface area contributed by atoms with Crippen LogP contribution in [0.25, 0.3) is 38.2 Å². The summed E-state index contributed by atoms with van der Waals surface area (Å²) in [6.45, 7) is 0. The number of nitro benzene ring substituents is 1. The summed E-state index contributed by atoms with van der Waals surface area (Å²) >= 11 is 0. The van der Waals surface area contributed by atoms with E-state index in [-0.39, 0.29) is 16.3 Å². The second-order valence-corrected chi connectivity index (χ2v) is 5.84. The minimum Gasteiger partial charge on any atom is -0.502 e. The third kappa shape index (κ3) is 1.59. The Labute approximate surface area is 138 Å². The predicted octanol–water partition coefficient (Wildman–Crippen LogP) is 3.21. The van der Waals surface area contributed by atoms with E-state index in [4.69, 9.17) is 0 Å². The number of benzene rings is 3. The average molecular weight is 331 g/mol. The van der Waals surface area contributed by atoms with Gasteiger partial charge in [-0.1, -0.05) is 24.3 Å². The smallest absolute Gasteiger partial charge is 0.318 e. The summed E-state index contributed by atoms with van der Waals surface area (Å²) < 4.78 is 1.48. The molecule has 25 heavy (non-hydrogen) atoms. The zero-order valence-corrected chi connectivity index (χ0v) is 12.6. The summed E-state index contributed by atoms with van der Waals surface area (Å²) in [4.78, 5) is 28.3. The monoisotopic (exact) mass is 331 g/mol. The molecule has 5 aromatic rings. The number of pyridine rings is 1. The van der Waals surface area contributed by atoms with Crippen LogP contribution < -0.4 is 5.56 Å². The predicted molar refractivity (Wildman–Crippen MR) is 93.5 cm³/mol. The minimum atomic E-state index is -0.639. The lowest BCUT2D eigenvalue weighted by molar-refractivity contribution is -0.384. The molecular formula is C18H9N3O4. The van der Waals surface area contributed by atoms with Crippen LogP contribution in [0.4, 0.5) is 5.69 Å². The van der Waals surface area contributed by atoms with Crippen LogP contribution in [0.15, 0.2) is 53.3 Å². The van der Waals surface area contributed by atoms with Gasteiger partial charge in [-0.05, 0) is 18.2 Å². The largest absolute Gasteiger partial charge is 0.502 e. The van der Waals surface area contributed by atoms with E-state index in [0.29, 0.717) is 27.5 Å². The molecule has 3 aromatic carbocycles. The van der Waals surface area contributed by atoms with Gasteiger partial charge in [0.25, 0.3) is 5.56 Å². The zero-order valence-electron chi connectivity index (χ0n) is 12.6. The molecule has 5 rings (SSSR count). The van der Waals surface area contributed by atoms with Crippen molar-refractivity contribution in [3.05, 3.63) is 69.0 Å². The molecule has 0 aliphatic rings. The zero-order chi connectivity index (χ0) is 17.3. The first-order chi connectivity index (χ1) is 12.1. The topological polar surface area (TPSA) is 97.7 Å². The van der Waals surface area contributed by atoms with E-state index in [0.717, 1.165) is 0 Å². The van der Waals surface area contributed by atoms with Gasteiger partial charge in [0.2, 0.25) is 0 Å². The SMILES string of the molecule is O=c1c2cc(O)c([N+](=O)[O-])c3cccc(c32)c2nc3ccccc3n12. The highest BCUT2D eigenvalue weighted by molar-refractivity contribution is 6.18. The van der Waals surface area contributed by atoms with Gasteiger partial charge in [-0.3, -0.25) is 19.3 Å². The van der Waals surface area contributed by atoms with Crippen LogP contribution in [-0.2, 0) is 0 Å². The lowest BCUT2D eigenvalue weighted by Gasteiger charge is -2.08. The van der Waals surface area contributed by atoms with Crippen molar-refractivity contribution in [2.75, 3.05) is 0 Å². The quantitative estimate of drug-likeness (QED) is 0.376. The second-order valence-electron chi connectivity index (χ2n) is 5.84. The summed E-state index contributed by atoms with van der Waals surface area (Å²) in [5.41, 5.74) is 0.997. The summed E-state index contributed by atoms with van der Waals surface area (Å²) in [5.74, 6) is -0.522. The van der Waals surface area contributed by atoms with Gasteiger partial charge in [0.05, 0.1) is 26.7 Å². The molecule has 0 saturated heterocycles. The number of nitro groups is 1. The van der Waals surface area contributed by atoms with Gasteiger partial charge in [-0.15, -0.1) is 0 Å². The number of imidazole rings is 1. The van der Waals surface area contributed by atoms with Gasteiger partial charge >= 0.3 is 5.69 Å². The third-order valence-electron chi connectivity index (χ3n) is 4.53. The Morgan fingerprint density at radius 2 is 1.80 bits per heavy atom. The number of aromatic nitrogens is 2. The number of fused-ring (bicyclic) bond motifs is 4. The Hall–Kier alpha value is -3.74. The van der Waals surface area contributed by atoms with Crippen LogP contribution in [-0.4, -0.2) is 19.4 Å². The van der Waals surface area contributed by atoms with E-state index in [1.165, 1.54) is 16.5 Å². The number of para-hydroxylation sites is 2. The molecule has 0 saturated carbocycles. The van der Waals surface area contributed by atoms with Crippen LogP contribution in [0.3, 0.4) is 0 Å². The van der Waals surface area contributed by atoms with E-state index in [1.54, 1.807) is 24.3 Å².